The number of carbonyl (C=O) groups excluding carboxylic acids is 3. The average molecular weight is 1390 g/mol. The summed E-state index contributed by atoms with van der Waals surface area (Å²) >= 11 is 0. The summed E-state index contributed by atoms with van der Waals surface area (Å²) in [6.45, 7) is 5.76. The van der Waals surface area contributed by atoms with Crippen LogP contribution in [0.4, 0.5) is 0 Å². The molecule has 0 aromatic carbocycles. The van der Waals surface area contributed by atoms with E-state index in [-0.39, 0.29) is 19.3 Å². The minimum Gasteiger partial charge on any atom is -0.463 e. The number of phosphoric ester groups is 1. The van der Waals surface area contributed by atoms with Gasteiger partial charge >= 0.3 is 25.7 Å². The summed E-state index contributed by atoms with van der Waals surface area (Å²) in [5.74, 6) is -1.28. The molecule has 25 heteroatoms. The topological polar surface area (TPSA) is 374 Å². The zero-order valence-electron chi connectivity index (χ0n) is 58.4. The van der Waals surface area contributed by atoms with E-state index in [9.17, 15) is 74.9 Å². The van der Waals surface area contributed by atoms with Gasteiger partial charge in [0.15, 0.2) is 18.7 Å². The lowest BCUT2D eigenvalue weighted by Gasteiger charge is -2.49. The first-order valence-electron chi connectivity index (χ1n) is 37.2. The number of hydrogen-bond acceptors (Lipinski definition) is 23. The van der Waals surface area contributed by atoms with Gasteiger partial charge in [0.25, 0.3) is 0 Å². The predicted octanol–water partition coefficient (Wildman–Crippen LogP) is 9.65. The minimum atomic E-state index is -5.69. The van der Waals surface area contributed by atoms with Crippen molar-refractivity contribution >= 4 is 25.7 Å². The molecule has 2 heterocycles. The summed E-state index contributed by atoms with van der Waals surface area (Å²) in [4.78, 5) is 51.0. The summed E-state index contributed by atoms with van der Waals surface area (Å²) in [5, 5.41) is 110. The number of carbonyl (C=O) groups is 3. The van der Waals surface area contributed by atoms with E-state index >= 15 is 0 Å². The number of phosphoric acid groups is 1. The van der Waals surface area contributed by atoms with E-state index in [4.69, 9.17) is 42.2 Å². The van der Waals surface area contributed by atoms with Crippen LogP contribution in [0.2, 0.25) is 0 Å². The zero-order chi connectivity index (χ0) is 69.8. The first-order chi connectivity index (χ1) is 45.7. The standard InChI is InChI=1S/C70H131O24P/c1-5-8-11-14-17-19-21-22-24-26-28-35-40-45-56(74)89-51(47-86-54(72)43-38-34-30-29-32-37-42-50(4)41-36-31-16-13-10-7-3)48-88-95(84,85)94-68-66(92-69-64(82)59(77)57(75)52(46-71)90-69)62(80)61(79)63(81)67(68)93-70-65(83)60(78)58(76)53(91-70)49-87-55(73)44-39-33-27-25-23-20-18-15-12-9-6-2/h50-53,57-71,75-83H,5-49H2,1-4H3,(H,84,85). The van der Waals surface area contributed by atoms with E-state index in [0.29, 0.717) is 25.2 Å². The highest BCUT2D eigenvalue weighted by Crippen LogP contribution is 2.49. The van der Waals surface area contributed by atoms with Crippen LogP contribution in [-0.2, 0) is 61.2 Å². The molecule has 3 aliphatic rings. The highest BCUT2D eigenvalue weighted by atomic mass is 31.2. The summed E-state index contributed by atoms with van der Waals surface area (Å²) in [7, 11) is -5.69. The summed E-state index contributed by atoms with van der Waals surface area (Å²) < 4.78 is 65.0. The van der Waals surface area contributed by atoms with Crippen molar-refractivity contribution in [3.63, 3.8) is 0 Å². The van der Waals surface area contributed by atoms with Crippen LogP contribution in [0.1, 0.15) is 291 Å². The fraction of sp³-hybridized carbons (Fsp3) is 0.957. The fourth-order valence-corrected chi connectivity index (χ4v) is 13.6. The molecule has 19 atom stereocenters. The van der Waals surface area contributed by atoms with E-state index in [1.807, 2.05) is 0 Å². The van der Waals surface area contributed by atoms with Gasteiger partial charge < -0.3 is 89.1 Å². The number of ether oxygens (including phenoxy) is 7. The van der Waals surface area contributed by atoms with Crippen LogP contribution in [0.25, 0.3) is 0 Å². The molecule has 3 fully saturated rings. The van der Waals surface area contributed by atoms with Gasteiger partial charge in [-0.1, -0.05) is 252 Å². The van der Waals surface area contributed by atoms with Crippen molar-refractivity contribution in [2.45, 2.75) is 395 Å². The van der Waals surface area contributed by atoms with E-state index < -0.39 is 156 Å². The van der Waals surface area contributed by atoms with Crippen LogP contribution in [0.15, 0.2) is 0 Å². The Bertz CT molecular complexity index is 1990. The third-order valence-electron chi connectivity index (χ3n) is 18.8. The number of esters is 3. The van der Waals surface area contributed by atoms with E-state index in [1.54, 1.807) is 0 Å². The normalized spacial score (nSPS) is 28.4. The van der Waals surface area contributed by atoms with Gasteiger partial charge in [-0.15, -0.1) is 0 Å². The molecule has 0 radical (unpaired) electrons. The molecule has 560 valence electrons. The molecule has 1 aliphatic carbocycles. The number of aliphatic hydroxyl groups is 10. The van der Waals surface area contributed by atoms with E-state index in [0.717, 1.165) is 96.3 Å². The highest BCUT2D eigenvalue weighted by Gasteiger charge is 2.58. The van der Waals surface area contributed by atoms with Crippen molar-refractivity contribution in [2.24, 2.45) is 5.92 Å². The van der Waals surface area contributed by atoms with Gasteiger partial charge in [-0.3, -0.25) is 23.4 Å². The third-order valence-corrected chi connectivity index (χ3v) is 19.8. The lowest BCUT2D eigenvalue weighted by atomic mass is 9.84. The second-order valence-corrected chi connectivity index (χ2v) is 28.7. The van der Waals surface area contributed by atoms with Gasteiger partial charge in [0.05, 0.1) is 13.2 Å². The second kappa shape index (κ2) is 52.0. The lowest BCUT2D eigenvalue weighted by Crippen LogP contribution is -2.69. The SMILES string of the molecule is CCCCCCCCCCCCCCCC(=O)OC(COC(=O)CCCCCCCCC(C)CCCCCCCC)COP(=O)(O)OC1C(OC2OC(CO)C(O)C(O)C2O)C(O)C(O)C(O)C1OC1OC(COC(=O)CCCCCCCCCCCCC)C(O)C(O)C1O. The molecule has 0 amide bonds. The third kappa shape index (κ3) is 35.9. The number of hydrogen-bond donors (Lipinski definition) is 11. The molecular weight excluding hydrogens is 1260 g/mol. The monoisotopic (exact) mass is 1390 g/mol. The maximum absolute atomic E-state index is 14.3. The quantitative estimate of drug-likeness (QED) is 0.0117. The van der Waals surface area contributed by atoms with Gasteiger partial charge in [0, 0.05) is 19.3 Å². The van der Waals surface area contributed by atoms with Crippen molar-refractivity contribution in [1.29, 1.82) is 0 Å². The second-order valence-electron chi connectivity index (χ2n) is 27.3. The Morgan fingerprint density at radius 3 is 1.14 bits per heavy atom. The molecule has 19 unspecified atom stereocenters. The Morgan fingerprint density at radius 1 is 0.400 bits per heavy atom. The van der Waals surface area contributed by atoms with Gasteiger partial charge in [0.2, 0.25) is 0 Å². The number of unbranched alkanes of at least 4 members (excludes halogenated alkanes) is 32. The Morgan fingerprint density at radius 2 is 0.737 bits per heavy atom. The van der Waals surface area contributed by atoms with Crippen LogP contribution in [0.3, 0.4) is 0 Å². The molecule has 24 nitrogen and oxygen atoms in total. The van der Waals surface area contributed by atoms with Gasteiger partial charge in [-0.25, -0.2) is 4.57 Å². The molecule has 11 N–H and O–H groups in total. The van der Waals surface area contributed by atoms with Gasteiger partial charge in [-0.2, -0.15) is 0 Å². The molecule has 3 rings (SSSR count). The van der Waals surface area contributed by atoms with Gasteiger partial charge in [0.1, 0.15) is 98.7 Å². The highest BCUT2D eigenvalue weighted by molar-refractivity contribution is 7.47. The molecule has 0 spiro atoms. The average Bonchev–Trinajstić information content (AvgIpc) is 0.764. The van der Waals surface area contributed by atoms with Crippen molar-refractivity contribution in [2.75, 3.05) is 26.4 Å². The van der Waals surface area contributed by atoms with E-state index in [2.05, 4.69) is 27.7 Å². The predicted molar refractivity (Wildman–Crippen MR) is 356 cm³/mol. The smallest absolute Gasteiger partial charge is 0.463 e. The van der Waals surface area contributed by atoms with Crippen molar-refractivity contribution in [3.05, 3.63) is 0 Å². The van der Waals surface area contributed by atoms with Crippen LogP contribution in [0.5, 0.6) is 0 Å². The Labute approximate surface area is 568 Å². The van der Waals surface area contributed by atoms with Crippen LogP contribution in [0, 0.1) is 5.92 Å². The van der Waals surface area contributed by atoms with Crippen LogP contribution in [-0.4, -0.2) is 204 Å². The first-order valence-corrected chi connectivity index (χ1v) is 38.7. The Hall–Kier alpha value is -2.04. The first kappa shape index (κ1) is 87.2. The lowest BCUT2D eigenvalue weighted by molar-refractivity contribution is -0.360. The fourth-order valence-electron chi connectivity index (χ4n) is 12.6. The minimum absolute atomic E-state index is 0.0323. The molecule has 2 aliphatic heterocycles. The van der Waals surface area contributed by atoms with Crippen LogP contribution >= 0.6 is 7.82 Å². The van der Waals surface area contributed by atoms with Gasteiger partial charge in [-0.05, 0) is 25.2 Å². The van der Waals surface area contributed by atoms with Crippen molar-refractivity contribution < 1.29 is 117 Å². The Kier molecular flexibility index (Phi) is 47.7. The van der Waals surface area contributed by atoms with Crippen molar-refractivity contribution in [3.8, 4) is 0 Å². The molecule has 0 aromatic heterocycles. The van der Waals surface area contributed by atoms with Crippen molar-refractivity contribution in [1.82, 2.24) is 0 Å². The summed E-state index contributed by atoms with van der Waals surface area (Å²) in [5.41, 5.74) is 0. The Balaban J connectivity index is 1.75. The molecule has 0 bridgehead atoms. The van der Waals surface area contributed by atoms with E-state index in [1.165, 1.54) is 128 Å². The summed E-state index contributed by atoms with van der Waals surface area (Å²) in [6.07, 6.45) is 6.20. The zero-order valence-corrected chi connectivity index (χ0v) is 59.3. The molecular formula is C70H131O24P. The molecule has 1 saturated carbocycles. The molecule has 95 heavy (non-hydrogen) atoms. The summed E-state index contributed by atoms with van der Waals surface area (Å²) in [6, 6.07) is 0. The van der Waals surface area contributed by atoms with Crippen LogP contribution < -0.4 is 0 Å². The number of rotatable bonds is 57. The molecule has 2 saturated heterocycles. The largest absolute Gasteiger partial charge is 0.472 e. The maximum atomic E-state index is 14.3. The molecule has 0 aromatic rings. The maximum Gasteiger partial charge on any atom is 0.472 e. The number of aliphatic hydroxyl groups excluding tert-OH is 10.